The maximum Gasteiger partial charge on any atom is 0.191 e. The summed E-state index contributed by atoms with van der Waals surface area (Å²) in [6, 6.07) is 8.63. The Kier molecular flexibility index (Phi) is 9.37. The molecule has 1 aromatic rings. The number of rotatable bonds is 9. The Bertz CT molecular complexity index is 467. The van der Waals surface area contributed by atoms with Crippen molar-refractivity contribution in [2.45, 2.75) is 53.0 Å². The summed E-state index contributed by atoms with van der Waals surface area (Å²) in [4.78, 5) is 4.73. The van der Waals surface area contributed by atoms with E-state index < -0.39 is 0 Å². The molecule has 23 heavy (non-hydrogen) atoms. The first-order valence-corrected chi connectivity index (χ1v) is 8.83. The number of benzene rings is 1. The molecule has 4 nitrogen and oxygen atoms in total. The minimum atomic E-state index is 0.205. The van der Waals surface area contributed by atoms with Gasteiger partial charge in [-0.15, -0.1) is 0 Å². The van der Waals surface area contributed by atoms with Crippen molar-refractivity contribution in [2.24, 2.45) is 10.9 Å². The molecule has 0 aliphatic rings. The third-order valence-electron chi connectivity index (χ3n) is 4.09. The second-order valence-electron chi connectivity index (χ2n) is 6.11. The van der Waals surface area contributed by atoms with Gasteiger partial charge in [0, 0.05) is 19.7 Å². The molecule has 2 atom stereocenters. The highest BCUT2D eigenvalue weighted by molar-refractivity contribution is 5.80. The van der Waals surface area contributed by atoms with Crippen molar-refractivity contribution in [1.82, 2.24) is 10.6 Å². The summed E-state index contributed by atoms with van der Waals surface area (Å²) in [6.45, 7) is 10.4. The van der Waals surface area contributed by atoms with Crippen molar-refractivity contribution in [2.75, 3.05) is 19.7 Å². The molecule has 0 fully saturated rings. The normalized spacial score (nSPS) is 14.4. The Hall–Kier alpha value is -1.55. The number of hydrogen-bond acceptors (Lipinski definition) is 2. The first kappa shape index (κ1) is 19.5. The van der Waals surface area contributed by atoms with Gasteiger partial charge in [-0.3, -0.25) is 4.99 Å². The lowest BCUT2D eigenvalue weighted by atomic mass is 10.0. The molecule has 1 aromatic carbocycles. The van der Waals surface area contributed by atoms with E-state index in [-0.39, 0.29) is 12.6 Å². The molecule has 0 aliphatic heterocycles. The smallest absolute Gasteiger partial charge is 0.191 e. The zero-order chi connectivity index (χ0) is 17.1. The van der Waals surface area contributed by atoms with Crippen molar-refractivity contribution in [1.29, 1.82) is 0 Å². The van der Waals surface area contributed by atoms with E-state index in [2.05, 4.69) is 62.6 Å². The average molecular weight is 319 g/mol. The van der Waals surface area contributed by atoms with Gasteiger partial charge in [0.05, 0.1) is 6.04 Å². The number of hydrogen-bond donors (Lipinski definition) is 3. The average Bonchev–Trinajstić information content (AvgIpc) is 2.53. The van der Waals surface area contributed by atoms with E-state index in [0.717, 1.165) is 38.3 Å². The lowest BCUT2D eigenvalue weighted by Gasteiger charge is -2.20. The molecular formula is C19H33N3O. The molecule has 0 aromatic heterocycles. The van der Waals surface area contributed by atoms with Crippen LogP contribution in [0.4, 0.5) is 0 Å². The molecule has 0 saturated carbocycles. The van der Waals surface area contributed by atoms with Crippen LogP contribution in [0.15, 0.2) is 29.3 Å². The van der Waals surface area contributed by atoms with Crippen LogP contribution in [0.25, 0.3) is 0 Å². The van der Waals surface area contributed by atoms with Gasteiger partial charge in [0.15, 0.2) is 5.96 Å². The van der Waals surface area contributed by atoms with Gasteiger partial charge in [0.2, 0.25) is 0 Å². The second kappa shape index (κ2) is 11.1. The largest absolute Gasteiger partial charge is 0.396 e. The Morgan fingerprint density at radius 3 is 2.57 bits per heavy atom. The maximum atomic E-state index is 9.18. The summed E-state index contributed by atoms with van der Waals surface area (Å²) in [5.41, 5.74) is 2.58. The van der Waals surface area contributed by atoms with Crippen LogP contribution in [0.1, 0.15) is 57.2 Å². The second-order valence-corrected chi connectivity index (χ2v) is 6.11. The fourth-order valence-electron chi connectivity index (χ4n) is 2.81. The maximum absolute atomic E-state index is 9.18. The predicted molar refractivity (Wildman–Crippen MR) is 98.8 cm³/mol. The zero-order valence-electron chi connectivity index (χ0n) is 15.1. The van der Waals surface area contributed by atoms with E-state index in [9.17, 15) is 5.11 Å². The van der Waals surface area contributed by atoms with Gasteiger partial charge in [-0.2, -0.15) is 0 Å². The van der Waals surface area contributed by atoms with Crippen molar-refractivity contribution in [3.05, 3.63) is 35.4 Å². The van der Waals surface area contributed by atoms with Crippen LogP contribution in [-0.2, 0) is 0 Å². The third-order valence-corrected chi connectivity index (χ3v) is 4.09. The summed E-state index contributed by atoms with van der Waals surface area (Å²) in [5, 5.41) is 16.0. The molecule has 0 saturated heterocycles. The molecule has 4 heteroatoms. The van der Waals surface area contributed by atoms with E-state index in [1.54, 1.807) is 0 Å². The Labute approximate surface area is 141 Å². The minimum absolute atomic E-state index is 0.205. The lowest BCUT2D eigenvalue weighted by molar-refractivity contribution is 0.253. The molecule has 3 N–H and O–H groups in total. The monoisotopic (exact) mass is 319 g/mol. The van der Waals surface area contributed by atoms with Gasteiger partial charge < -0.3 is 15.7 Å². The number of aliphatic imine (C=N–C) groups is 1. The van der Waals surface area contributed by atoms with E-state index in [1.165, 1.54) is 11.1 Å². The van der Waals surface area contributed by atoms with Gasteiger partial charge in [-0.1, -0.05) is 37.6 Å². The molecular weight excluding hydrogens is 286 g/mol. The van der Waals surface area contributed by atoms with Crippen LogP contribution in [-0.4, -0.2) is 30.8 Å². The Balaban J connectivity index is 2.73. The molecule has 0 aliphatic carbocycles. The van der Waals surface area contributed by atoms with Crippen molar-refractivity contribution < 1.29 is 5.11 Å². The van der Waals surface area contributed by atoms with Crippen molar-refractivity contribution in [3.8, 4) is 0 Å². The summed E-state index contributed by atoms with van der Waals surface area (Å²) in [5.74, 6) is 1.30. The fraction of sp³-hybridized carbons (Fsp3) is 0.632. The quantitative estimate of drug-likeness (QED) is 0.483. The van der Waals surface area contributed by atoms with Crippen LogP contribution in [0.3, 0.4) is 0 Å². The molecule has 2 unspecified atom stereocenters. The van der Waals surface area contributed by atoms with Crippen LogP contribution in [0.2, 0.25) is 0 Å². The SMILES string of the molecule is CCCC(CCO)CN=C(NCC)NC(C)c1ccccc1C. The topological polar surface area (TPSA) is 56.7 Å². The predicted octanol–water partition coefficient (Wildman–Crippen LogP) is 3.41. The highest BCUT2D eigenvalue weighted by atomic mass is 16.3. The number of nitrogens with one attached hydrogen (secondary N) is 2. The van der Waals surface area contributed by atoms with Crippen LogP contribution in [0.5, 0.6) is 0 Å². The summed E-state index contributed by atoms with van der Waals surface area (Å²) < 4.78 is 0. The molecule has 130 valence electrons. The van der Waals surface area contributed by atoms with Gasteiger partial charge in [0.25, 0.3) is 0 Å². The van der Waals surface area contributed by atoms with Gasteiger partial charge in [-0.25, -0.2) is 0 Å². The van der Waals surface area contributed by atoms with E-state index in [0.29, 0.717) is 5.92 Å². The summed E-state index contributed by atoms with van der Waals surface area (Å²) in [7, 11) is 0. The lowest BCUT2D eigenvalue weighted by Crippen LogP contribution is -2.39. The minimum Gasteiger partial charge on any atom is -0.396 e. The molecule has 0 bridgehead atoms. The highest BCUT2D eigenvalue weighted by Gasteiger charge is 2.11. The number of guanidine groups is 1. The summed E-state index contributed by atoms with van der Waals surface area (Å²) >= 11 is 0. The standard InChI is InChI=1S/C19H33N3O/c1-5-9-17(12-13-23)14-21-19(20-6-2)22-16(4)18-11-8-7-10-15(18)3/h7-8,10-11,16-17,23H,5-6,9,12-14H2,1-4H3,(H2,20,21,22). The van der Waals surface area contributed by atoms with Crippen molar-refractivity contribution >= 4 is 5.96 Å². The third kappa shape index (κ3) is 7.04. The molecule has 0 spiro atoms. The van der Waals surface area contributed by atoms with Crippen molar-refractivity contribution in [3.63, 3.8) is 0 Å². The number of aryl methyl sites for hydroxylation is 1. The van der Waals surface area contributed by atoms with Crippen LogP contribution < -0.4 is 10.6 Å². The van der Waals surface area contributed by atoms with Gasteiger partial charge in [-0.05, 0) is 50.7 Å². The van der Waals surface area contributed by atoms with E-state index >= 15 is 0 Å². The van der Waals surface area contributed by atoms with E-state index in [4.69, 9.17) is 4.99 Å². The fourth-order valence-corrected chi connectivity index (χ4v) is 2.81. The van der Waals surface area contributed by atoms with E-state index in [1.807, 2.05) is 0 Å². The molecule has 0 radical (unpaired) electrons. The Morgan fingerprint density at radius 1 is 1.22 bits per heavy atom. The first-order valence-electron chi connectivity index (χ1n) is 8.83. The summed E-state index contributed by atoms with van der Waals surface area (Å²) in [6.07, 6.45) is 3.06. The van der Waals surface area contributed by atoms with Crippen LogP contribution in [0, 0.1) is 12.8 Å². The molecule has 1 rings (SSSR count). The zero-order valence-corrected chi connectivity index (χ0v) is 15.1. The number of aliphatic hydroxyl groups is 1. The molecule has 0 heterocycles. The Morgan fingerprint density at radius 2 is 1.96 bits per heavy atom. The number of nitrogens with zero attached hydrogens (tertiary/aromatic N) is 1. The first-order chi connectivity index (χ1) is 11.1. The van der Waals surface area contributed by atoms with Gasteiger partial charge in [0.1, 0.15) is 0 Å². The number of aliphatic hydroxyl groups excluding tert-OH is 1. The van der Waals surface area contributed by atoms with Gasteiger partial charge >= 0.3 is 0 Å². The highest BCUT2D eigenvalue weighted by Crippen LogP contribution is 2.16. The van der Waals surface area contributed by atoms with Crippen LogP contribution >= 0.6 is 0 Å². The molecule has 0 amide bonds.